The number of unbranched alkanes of at least 4 members (excludes halogenated alkanes) is 1. The molecule has 0 saturated heterocycles. The van der Waals surface area contributed by atoms with Crippen molar-refractivity contribution in [2.75, 3.05) is 13.1 Å². The number of carbonyl (C=O) groups is 1. The first kappa shape index (κ1) is 14.0. The van der Waals surface area contributed by atoms with Gasteiger partial charge in [0.25, 0.3) is 0 Å². The number of carbonyl (C=O) groups excluding carboxylic acids is 1. The van der Waals surface area contributed by atoms with E-state index in [4.69, 9.17) is 0 Å². The first-order valence-corrected chi connectivity index (χ1v) is 4.95. The molecule has 2 heteroatoms. The summed E-state index contributed by atoms with van der Waals surface area (Å²) in [6.45, 7) is 10.1. The Balaban J connectivity index is 0. The van der Waals surface area contributed by atoms with Gasteiger partial charge in [0.15, 0.2) is 0 Å². The SMILES string of the molecule is CCC.CCCCN(C=O)CC. The molecule has 0 radical (unpaired) electrons. The van der Waals surface area contributed by atoms with Crippen LogP contribution in [0.2, 0.25) is 0 Å². The molecule has 0 atom stereocenters. The lowest BCUT2D eigenvalue weighted by Gasteiger charge is -2.12. The highest BCUT2D eigenvalue weighted by Crippen LogP contribution is 1.89. The maximum absolute atomic E-state index is 10.2. The van der Waals surface area contributed by atoms with Gasteiger partial charge in [0.2, 0.25) is 6.41 Å². The molecule has 0 fully saturated rings. The molecule has 0 spiro atoms. The molecule has 0 aromatic carbocycles. The minimum Gasteiger partial charge on any atom is -0.346 e. The van der Waals surface area contributed by atoms with Crippen LogP contribution in [0.1, 0.15) is 47.0 Å². The van der Waals surface area contributed by atoms with Crippen molar-refractivity contribution in [3.8, 4) is 0 Å². The van der Waals surface area contributed by atoms with E-state index in [1.165, 1.54) is 6.42 Å². The van der Waals surface area contributed by atoms with Gasteiger partial charge >= 0.3 is 0 Å². The van der Waals surface area contributed by atoms with Crippen LogP contribution in [0.15, 0.2) is 0 Å². The first-order valence-electron chi connectivity index (χ1n) is 4.95. The monoisotopic (exact) mass is 173 g/mol. The number of hydrogen-bond acceptors (Lipinski definition) is 1. The van der Waals surface area contributed by atoms with Crippen LogP contribution in [0.4, 0.5) is 0 Å². The van der Waals surface area contributed by atoms with Crippen LogP contribution in [-0.4, -0.2) is 24.4 Å². The highest BCUT2D eigenvalue weighted by Gasteiger charge is 1.93. The second-order valence-corrected chi connectivity index (χ2v) is 2.79. The summed E-state index contributed by atoms with van der Waals surface area (Å²) in [6, 6.07) is 0. The molecule has 0 unspecified atom stereocenters. The molecular weight excluding hydrogens is 150 g/mol. The minimum atomic E-state index is 0.837. The number of nitrogens with zero attached hydrogens (tertiary/aromatic N) is 1. The topological polar surface area (TPSA) is 20.3 Å². The van der Waals surface area contributed by atoms with E-state index >= 15 is 0 Å². The highest BCUT2D eigenvalue weighted by molar-refractivity contribution is 5.46. The average Bonchev–Trinajstić information content (AvgIpc) is 2.08. The summed E-state index contributed by atoms with van der Waals surface area (Å²) in [5.74, 6) is 0. The number of hydrogen-bond donors (Lipinski definition) is 0. The third kappa shape index (κ3) is 12.2. The van der Waals surface area contributed by atoms with E-state index in [0.717, 1.165) is 32.3 Å². The third-order valence-electron chi connectivity index (χ3n) is 1.35. The zero-order chi connectivity index (χ0) is 9.82. The average molecular weight is 173 g/mol. The molecule has 0 aromatic rings. The maximum Gasteiger partial charge on any atom is 0.209 e. The molecule has 0 bridgehead atoms. The molecule has 0 aliphatic carbocycles. The van der Waals surface area contributed by atoms with Gasteiger partial charge in [-0.25, -0.2) is 0 Å². The molecular formula is C10H23NO. The Bertz CT molecular complexity index is 83.9. The van der Waals surface area contributed by atoms with E-state index in [-0.39, 0.29) is 0 Å². The molecule has 74 valence electrons. The van der Waals surface area contributed by atoms with Crippen LogP contribution in [0.3, 0.4) is 0 Å². The Kier molecular flexibility index (Phi) is 15.3. The van der Waals surface area contributed by atoms with Gasteiger partial charge in [-0.15, -0.1) is 0 Å². The van der Waals surface area contributed by atoms with Crippen LogP contribution >= 0.6 is 0 Å². The van der Waals surface area contributed by atoms with Crippen LogP contribution < -0.4 is 0 Å². The fourth-order valence-corrected chi connectivity index (χ4v) is 0.647. The van der Waals surface area contributed by atoms with Crippen molar-refractivity contribution in [2.24, 2.45) is 0 Å². The van der Waals surface area contributed by atoms with E-state index in [1.807, 2.05) is 6.92 Å². The van der Waals surface area contributed by atoms with Crippen molar-refractivity contribution < 1.29 is 4.79 Å². The molecule has 1 amide bonds. The van der Waals surface area contributed by atoms with E-state index < -0.39 is 0 Å². The molecule has 0 rings (SSSR count). The highest BCUT2D eigenvalue weighted by atomic mass is 16.1. The lowest BCUT2D eigenvalue weighted by Crippen LogP contribution is -2.22. The van der Waals surface area contributed by atoms with Crippen molar-refractivity contribution in [2.45, 2.75) is 47.0 Å². The zero-order valence-electron chi connectivity index (χ0n) is 8.97. The van der Waals surface area contributed by atoms with Crippen molar-refractivity contribution in [3.05, 3.63) is 0 Å². The minimum absolute atomic E-state index is 0.837. The number of rotatable bonds is 5. The molecule has 2 nitrogen and oxygen atoms in total. The summed E-state index contributed by atoms with van der Waals surface area (Å²) in [5, 5.41) is 0. The Morgan fingerprint density at radius 2 is 1.67 bits per heavy atom. The van der Waals surface area contributed by atoms with Gasteiger partial charge in [0.05, 0.1) is 0 Å². The normalized spacial score (nSPS) is 8.33. The summed E-state index contributed by atoms with van der Waals surface area (Å²) < 4.78 is 0. The second-order valence-electron chi connectivity index (χ2n) is 2.79. The summed E-state index contributed by atoms with van der Waals surface area (Å²) in [5.41, 5.74) is 0. The van der Waals surface area contributed by atoms with Gasteiger partial charge in [-0.05, 0) is 13.3 Å². The van der Waals surface area contributed by atoms with Crippen LogP contribution in [0.5, 0.6) is 0 Å². The lowest BCUT2D eigenvalue weighted by molar-refractivity contribution is -0.118. The van der Waals surface area contributed by atoms with E-state index in [2.05, 4.69) is 20.8 Å². The van der Waals surface area contributed by atoms with Crippen LogP contribution in [0, 0.1) is 0 Å². The fourth-order valence-electron chi connectivity index (χ4n) is 0.647. The molecule has 0 heterocycles. The van der Waals surface area contributed by atoms with E-state index in [1.54, 1.807) is 4.90 Å². The van der Waals surface area contributed by atoms with Gasteiger partial charge in [0, 0.05) is 13.1 Å². The zero-order valence-corrected chi connectivity index (χ0v) is 8.97. The molecule has 12 heavy (non-hydrogen) atoms. The predicted molar refractivity (Wildman–Crippen MR) is 54.2 cm³/mol. The summed E-state index contributed by atoms with van der Waals surface area (Å²) in [6.07, 6.45) is 4.44. The van der Waals surface area contributed by atoms with E-state index in [9.17, 15) is 4.79 Å². The first-order chi connectivity index (χ1) is 5.76. The molecule has 0 N–H and O–H groups in total. The molecule has 0 aliphatic rings. The smallest absolute Gasteiger partial charge is 0.209 e. The van der Waals surface area contributed by atoms with Gasteiger partial charge < -0.3 is 4.90 Å². The van der Waals surface area contributed by atoms with Gasteiger partial charge in [0.1, 0.15) is 0 Å². The van der Waals surface area contributed by atoms with Gasteiger partial charge in [-0.1, -0.05) is 33.6 Å². The van der Waals surface area contributed by atoms with E-state index in [0.29, 0.717) is 0 Å². The standard InChI is InChI=1S/C7H15NO.C3H8/c1-3-5-6-8(4-2)7-9;1-3-2/h7H,3-6H2,1-2H3;3H2,1-2H3. The van der Waals surface area contributed by atoms with Crippen molar-refractivity contribution in [1.29, 1.82) is 0 Å². The summed E-state index contributed by atoms with van der Waals surface area (Å²) in [4.78, 5) is 11.9. The Morgan fingerprint density at radius 3 is 1.92 bits per heavy atom. The lowest BCUT2D eigenvalue weighted by atomic mass is 10.3. The van der Waals surface area contributed by atoms with Gasteiger partial charge in [-0.3, -0.25) is 4.79 Å². The van der Waals surface area contributed by atoms with Crippen molar-refractivity contribution in [1.82, 2.24) is 4.90 Å². The van der Waals surface area contributed by atoms with Crippen molar-refractivity contribution in [3.63, 3.8) is 0 Å². The van der Waals surface area contributed by atoms with Crippen LogP contribution in [-0.2, 0) is 4.79 Å². The summed E-state index contributed by atoms with van der Waals surface area (Å²) in [7, 11) is 0. The third-order valence-corrected chi connectivity index (χ3v) is 1.35. The largest absolute Gasteiger partial charge is 0.346 e. The van der Waals surface area contributed by atoms with Crippen molar-refractivity contribution >= 4 is 6.41 Å². The Hall–Kier alpha value is -0.530. The van der Waals surface area contributed by atoms with Crippen LogP contribution in [0.25, 0.3) is 0 Å². The predicted octanol–water partition coefficient (Wildman–Crippen LogP) is 2.68. The van der Waals surface area contributed by atoms with Gasteiger partial charge in [-0.2, -0.15) is 0 Å². The second kappa shape index (κ2) is 13.1. The summed E-state index contributed by atoms with van der Waals surface area (Å²) >= 11 is 0. The molecule has 0 aromatic heterocycles. The molecule has 0 aliphatic heterocycles. The maximum atomic E-state index is 10.2. The quantitative estimate of drug-likeness (QED) is 0.585. The number of amides is 1. The molecule has 0 saturated carbocycles. The Morgan fingerprint density at radius 1 is 1.17 bits per heavy atom. The fraction of sp³-hybridized carbons (Fsp3) is 0.900. The Labute approximate surface area is 77.0 Å².